The van der Waals surface area contributed by atoms with Gasteiger partial charge in [-0.1, -0.05) is 53.5 Å². The van der Waals surface area contributed by atoms with Gasteiger partial charge in [0.25, 0.3) is 5.91 Å². The van der Waals surface area contributed by atoms with Crippen LogP contribution in [0, 0.1) is 0 Å². The van der Waals surface area contributed by atoms with Crippen molar-refractivity contribution in [2.45, 2.75) is 6.42 Å². The van der Waals surface area contributed by atoms with Crippen LogP contribution in [0.15, 0.2) is 72.8 Å². The van der Waals surface area contributed by atoms with E-state index in [4.69, 9.17) is 27.9 Å². The number of rotatable bonds is 7. The van der Waals surface area contributed by atoms with Gasteiger partial charge in [0.15, 0.2) is 6.61 Å². The number of amides is 2. The summed E-state index contributed by atoms with van der Waals surface area (Å²) in [5, 5.41) is 6.37. The molecule has 2 amide bonds. The first-order valence-corrected chi connectivity index (χ1v) is 9.57. The highest BCUT2D eigenvalue weighted by Crippen LogP contribution is 2.27. The number of hydrogen-bond acceptors (Lipinski definition) is 3. The molecule has 2 N–H and O–H groups in total. The van der Waals surface area contributed by atoms with E-state index in [1.165, 1.54) is 0 Å². The van der Waals surface area contributed by atoms with Crippen LogP contribution in [-0.2, 0) is 16.0 Å². The molecule has 0 saturated carbocycles. The third kappa shape index (κ3) is 6.52. The van der Waals surface area contributed by atoms with Crippen LogP contribution in [0.2, 0.25) is 10.0 Å². The molecule has 0 bridgehead atoms. The van der Waals surface area contributed by atoms with E-state index in [9.17, 15) is 9.59 Å². The average Bonchev–Trinajstić information content (AvgIpc) is 2.69. The number of hydrogen-bond donors (Lipinski definition) is 2. The molecule has 7 heteroatoms. The molecule has 0 radical (unpaired) electrons. The highest BCUT2D eigenvalue weighted by atomic mass is 35.5. The van der Waals surface area contributed by atoms with Crippen LogP contribution in [0.25, 0.3) is 0 Å². The molecule has 0 aliphatic heterocycles. The minimum absolute atomic E-state index is 0.110. The van der Waals surface area contributed by atoms with E-state index < -0.39 is 0 Å². The lowest BCUT2D eigenvalue weighted by atomic mass is 10.1. The molecular formula is C22H18Cl2N2O3. The SMILES string of the molecule is O=C(COc1ccc(Cl)cc1Cl)Nc1ccc(NC(=O)Cc2ccccc2)cc1. The van der Waals surface area contributed by atoms with E-state index in [1.54, 1.807) is 42.5 Å². The summed E-state index contributed by atoms with van der Waals surface area (Å²) < 4.78 is 5.40. The third-order valence-corrected chi connectivity index (χ3v) is 4.44. The first kappa shape index (κ1) is 20.7. The Kier molecular flexibility index (Phi) is 7.11. The fourth-order valence-electron chi connectivity index (χ4n) is 2.56. The van der Waals surface area contributed by atoms with E-state index in [2.05, 4.69) is 10.6 Å². The van der Waals surface area contributed by atoms with Gasteiger partial charge in [-0.15, -0.1) is 0 Å². The molecule has 3 aromatic rings. The predicted molar refractivity (Wildman–Crippen MR) is 116 cm³/mol. The van der Waals surface area contributed by atoms with Crippen molar-refractivity contribution in [3.05, 3.63) is 88.4 Å². The van der Waals surface area contributed by atoms with Gasteiger partial charge in [0, 0.05) is 16.4 Å². The lowest BCUT2D eigenvalue weighted by molar-refractivity contribution is -0.118. The normalized spacial score (nSPS) is 10.3. The number of anilines is 2. The summed E-state index contributed by atoms with van der Waals surface area (Å²) in [5.41, 5.74) is 2.17. The van der Waals surface area contributed by atoms with Crippen LogP contribution in [0.3, 0.4) is 0 Å². The van der Waals surface area contributed by atoms with Gasteiger partial charge in [0.05, 0.1) is 11.4 Å². The molecule has 0 aromatic heterocycles. The maximum absolute atomic E-state index is 12.1. The fraction of sp³-hybridized carbons (Fsp3) is 0.0909. The molecule has 3 rings (SSSR count). The summed E-state index contributed by atoms with van der Waals surface area (Å²) in [7, 11) is 0. The lowest BCUT2D eigenvalue weighted by Crippen LogP contribution is -2.20. The third-order valence-electron chi connectivity index (χ3n) is 3.91. The number of halogens is 2. The fourth-order valence-corrected chi connectivity index (χ4v) is 3.02. The standard InChI is InChI=1S/C22H18Cl2N2O3/c23-16-6-11-20(19(24)13-16)29-14-22(28)26-18-9-7-17(8-10-18)25-21(27)12-15-4-2-1-3-5-15/h1-11,13H,12,14H2,(H,25,27)(H,26,28). The maximum Gasteiger partial charge on any atom is 0.262 e. The van der Waals surface area contributed by atoms with Crippen LogP contribution in [0.4, 0.5) is 11.4 Å². The zero-order chi connectivity index (χ0) is 20.6. The Bertz CT molecular complexity index is 993. The Labute approximate surface area is 178 Å². The molecule has 0 fully saturated rings. The van der Waals surface area contributed by atoms with Crippen molar-refractivity contribution in [3.63, 3.8) is 0 Å². The van der Waals surface area contributed by atoms with Crippen molar-refractivity contribution in [3.8, 4) is 5.75 Å². The molecule has 3 aromatic carbocycles. The summed E-state index contributed by atoms with van der Waals surface area (Å²) in [4.78, 5) is 24.2. The van der Waals surface area contributed by atoms with Crippen LogP contribution >= 0.6 is 23.2 Å². The Morgan fingerprint density at radius 2 is 1.41 bits per heavy atom. The topological polar surface area (TPSA) is 67.4 Å². The molecule has 0 saturated heterocycles. The quantitative estimate of drug-likeness (QED) is 0.543. The summed E-state index contributed by atoms with van der Waals surface area (Å²) in [6, 6.07) is 21.1. The lowest BCUT2D eigenvalue weighted by Gasteiger charge is -2.10. The van der Waals surface area contributed by atoms with Crippen molar-refractivity contribution in [2.75, 3.05) is 17.2 Å². The zero-order valence-electron chi connectivity index (χ0n) is 15.3. The Balaban J connectivity index is 1.48. The molecular weight excluding hydrogens is 411 g/mol. The number of nitrogens with one attached hydrogen (secondary N) is 2. The molecule has 0 atom stereocenters. The van der Waals surface area contributed by atoms with Crippen LogP contribution < -0.4 is 15.4 Å². The van der Waals surface area contributed by atoms with Gasteiger partial charge in [-0.3, -0.25) is 9.59 Å². The van der Waals surface area contributed by atoms with Gasteiger partial charge in [-0.05, 0) is 48.0 Å². The Morgan fingerprint density at radius 1 is 0.793 bits per heavy atom. The molecule has 0 aliphatic carbocycles. The Hall–Kier alpha value is -3.02. The zero-order valence-corrected chi connectivity index (χ0v) is 16.8. The molecule has 0 unspecified atom stereocenters. The summed E-state index contributed by atoms with van der Waals surface area (Å²) in [6.07, 6.45) is 0.296. The van der Waals surface area contributed by atoms with E-state index in [0.29, 0.717) is 33.6 Å². The monoisotopic (exact) mass is 428 g/mol. The van der Waals surface area contributed by atoms with Gasteiger partial charge >= 0.3 is 0 Å². The van der Waals surface area contributed by atoms with Crippen molar-refractivity contribution in [1.82, 2.24) is 0 Å². The highest BCUT2D eigenvalue weighted by molar-refractivity contribution is 6.35. The van der Waals surface area contributed by atoms with Gasteiger partial charge in [-0.2, -0.15) is 0 Å². The molecule has 0 heterocycles. The van der Waals surface area contributed by atoms with E-state index in [0.717, 1.165) is 5.56 Å². The van der Waals surface area contributed by atoms with Gasteiger partial charge < -0.3 is 15.4 Å². The Morgan fingerprint density at radius 3 is 2.03 bits per heavy atom. The number of carbonyl (C=O) groups is 2. The van der Waals surface area contributed by atoms with Crippen LogP contribution in [0.5, 0.6) is 5.75 Å². The minimum atomic E-state index is -0.336. The van der Waals surface area contributed by atoms with Gasteiger partial charge in [0.2, 0.25) is 5.91 Å². The molecule has 0 aliphatic rings. The van der Waals surface area contributed by atoms with Gasteiger partial charge in [0.1, 0.15) is 5.75 Å². The van der Waals surface area contributed by atoms with E-state index in [-0.39, 0.29) is 18.4 Å². The highest BCUT2D eigenvalue weighted by Gasteiger charge is 2.08. The average molecular weight is 429 g/mol. The minimum Gasteiger partial charge on any atom is -0.482 e. The van der Waals surface area contributed by atoms with Crippen molar-refractivity contribution in [1.29, 1.82) is 0 Å². The van der Waals surface area contributed by atoms with Gasteiger partial charge in [-0.25, -0.2) is 0 Å². The van der Waals surface area contributed by atoms with Crippen molar-refractivity contribution in [2.24, 2.45) is 0 Å². The van der Waals surface area contributed by atoms with Crippen LogP contribution in [0.1, 0.15) is 5.56 Å². The smallest absolute Gasteiger partial charge is 0.262 e. The predicted octanol–water partition coefficient (Wildman–Crippen LogP) is 5.19. The second kappa shape index (κ2) is 9.96. The second-order valence-corrected chi connectivity index (χ2v) is 7.04. The summed E-state index contributed by atoms with van der Waals surface area (Å²) >= 11 is 11.8. The first-order valence-electron chi connectivity index (χ1n) is 8.81. The molecule has 148 valence electrons. The summed E-state index contributed by atoms with van der Waals surface area (Å²) in [5.74, 6) is -0.0687. The first-order chi connectivity index (χ1) is 14.0. The molecule has 29 heavy (non-hydrogen) atoms. The maximum atomic E-state index is 12.1. The molecule has 0 spiro atoms. The van der Waals surface area contributed by atoms with Crippen LogP contribution in [-0.4, -0.2) is 18.4 Å². The number of benzene rings is 3. The van der Waals surface area contributed by atoms with E-state index in [1.807, 2.05) is 30.3 Å². The van der Waals surface area contributed by atoms with Crippen molar-refractivity contribution < 1.29 is 14.3 Å². The number of carbonyl (C=O) groups excluding carboxylic acids is 2. The number of ether oxygens (including phenoxy) is 1. The second-order valence-electron chi connectivity index (χ2n) is 6.20. The largest absolute Gasteiger partial charge is 0.482 e. The van der Waals surface area contributed by atoms with Crippen molar-refractivity contribution >= 4 is 46.4 Å². The van der Waals surface area contributed by atoms with E-state index >= 15 is 0 Å². The summed E-state index contributed by atoms with van der Waals surface area (Å²) in [6.45, 7) is -0.198. The molecule has 5 nitrogen and oxygen atoms in total.